The van der Waals surface area contributed by atoms with Gasteiger partial charge in [0.1, 0.15) is 0 Å². The highest BCUT2D eigenvalue weighted by atomic mass is 15.3. The Balaban J connectivity index is 2.20. The summed E-state index contributed by atoms with van der Waals surface area (Å²) in [5.74, 6) is 1.00. The van der Waals surface area contributed by atoms with Gasteiger partial charge < -0.3 is 9.97 Å². The van der Waals surface area contributed by atoms with Crippen molar-refractivity contribution in [3.63, 3.8) is 0 Å². The fraction of sp³-hybridized carbons (Fsp3) is 0.400. The number of aromatic nitrogens is 4. The molecule has 84 valence electrons. The molecule has 0 aliphatic heterocycles. The lowest BCUT2D eigenvalue weighted by Gasteiger charge is -1.83. The van der Waals surface area contributed by atoms with Gasteiger partial charge in [0.15, 0.2) is 0 Å². The summed E-state index contributed by atoms with van der Waals surface area (Å²) in [5.41, 5.74) is 3.86. The van der Waals surface area contributed by atoms with Gasteiger partial charge in [-0.05, 0) is 27.7 Å². The molecule has 2 aromatic heterocycles. The Bertz CT molecular complexity index is 446. The minimum absolute atomic E-state index is 0.502. The Morgan fingerprint density at radius 2 is 1.12 bits per heavy atom. The first-order valence-corrected chi connectivity index (χ1v) is 5.04. The van der Waals surface area contributed by atoms with Crippen LogP contribution in [0, 0.1) is 27.7 Å². The van der Waals surface area contributed by atoms with E-state index >= 15 is 0 Å². The molecular weight excluding hydrogens is 204 g/mol. The van der Waals surface area contributed by atoms with Gasteiger partial charge in [-0.2, -0.15) is 0 Å². The molecule has 6 nitrogen and oxygen atoms in total. The molecule has 2 aromatic rings. The number of H-pyrrole nitrogens is 2. The summed E-state index contributed by atoms with van der Waals surface area (Å²) >= 11 is 0. The third-order valence-electron chi connectivity index (χ3n) is 2.47. The van der Waals surface area contributed by atoms with E-state index in [9.17, 15) is 0 Å². The van der Waals surface area contributed by atoms with Crippen LogP contribution in [0.5, 0.6) is 0 Å². The summed E-state index contributed by atoms with van der Waals surface area (Å²) in [6.45, 7) is 7.74. The van der Waals surface area contributed by atoms with E-state index in [0.717, 1.165) is 22.8 Å². The minimum atomic E-state index is 0.502. The van der Waals surface area contributed by atoms with Crippen molar-refractivity contribution in [3.05, 3.63) is 22.8 Å². The first-order chi connectivity index (χ1) is 7.56. The largest absolute Gasteiger partial charge is 0.325 e. The van der Waals surface area contributed by atoms with Crippen molar-refractivity contribution >= 4 is 11.9 Å². The Morgan fingerprint density at radius 1 is 0.750 bits per heavy atom. The van der Waals surface area contributed by atoms with Gasteiger partial charge in [0, 0.05) is 11.4 Å². The Morgan fingerprint density at radius 3 is 1.38 bits per heavy atom. The second kappa shape index (κ2) is 3.88. The highest BCUT2D eigenvalue weighted by Crippen LogP contribution is 2.15. The molecule has 0 bridgehead atoms. The van der Waals surface area contributed by atoms with Gasteiger partial charge in [-0.1, -0.05) is 0 Å². The van der Waals surface area contributed by atoms with Crippen molar-refractivity contribution in [3.8, 4) is 0 Å². The second-order valence-electron chi connectivity index (χ2n) is 3.74. The van der Waals surface area contributed by atoms with Gasteiger partial charge in [0.2, 0.25) is 11.9 Å². The molecule has 0 saturated heterocycles. The number of azo groups is 1. The van der Waals surface area contributed by atoms with Crippen LogP contribution in [0.4, 0.5) is 11.9 Å². The molecule has 0 radical (unpaired) electrons. The highest BCUT2D eigenvalue weighted by Gasteiger charge is 2.02. The van der Waals surface area contributed by atoms with E-state index in [0.29, 0.717) is 11.9 Å². The third kappa shape index (κ3) is 2.00. The van der Waals surface area contributed by atoms with Crippen LogP contribution in [0.2, 0.25) is 0 Å². The normalized spacial score (nSPS) is 11.5. The zero-order valence-corrected chi connectivity index (χ0v) is 9.79. The van der Waals surface area contributed by atoms with E-state index in [1.807, 2.05) is 27.7 Å². The standard InChI is InChI=1S/C10H14N6/c1-5-6(2)12-9(11-5)15-16-10-13-7(3)8(4)14-10/h1-4H3,(H,11,12)(H,13,14)/b16-15+. The van der Waals surface area contributed by atoms with Crippen LogP contribution >= 0.6 is 0 Å². The van der Waals surface area contributed by atoms with Gasteiger partial charge in [-0.25, -0.2) is 9.97 Å². The Kier molecular flexibility index (Phi) is 2.55. The van der Waals surface area contributed by atoms with E-state index in [4.69, 9.17) is 0 Å². The quantitative estimate of drug-likeness (QED) is 0.760. The van der Waals surface area contributed by atoms with Crippen molar-refractivity contribution in [2.45, 2.75) is 27.7 Å². The van der Waals surface area contributed by atoms with Crippen LogP contribution in [-0.4, -0.2) is 19.9 Å². The second-order valence-corrected chi connectivity index (χ2v) is 3.74. The molecular formula is C10H14N6. The van der Waals surface area contributed by atoms with Gasteiger partial charge in [0.25, 0.3) is 0 Å². The number of hydrogen-bond donors (Lipinski definition) is 2. The molecule has 0 amide bonds. The summed E-state index contributed by atoms with van der Waals surface area (Å²) in [7, 11) is 0. The predicted molar refractivity (Wildman–Crippen MR) is 60.3 cm³/mol. The molecule has 0 saturated carbocycles. The molecule has 0 aliphatic rings. The van der Waals surface area contributed by atoms with E-state index in [2.05, 4.69) is 30.2 Å². The Hall–Kier alpha value is -1.98. The molecule has 6 heteroatoms. The molecule has 2 heterocycles. The van der Waals surface area contributed by atoms with Gasteiger partial charge in [-0.15, -0.1) is 10.2 Å². The van der Waals surface area contributed by atoms with Crippen LogP contribution < -0.4 is 0 Å². The number of rotatable bonds is 2. The monoisotopic (exact) mass is 218 g/mol. The lowest BCUT2D eigenvalue weighted by atomic mass is 10.4. The van der Waals surface area contributed by atoms with Gasteiger partial charge in [-0.3, -0.25) is 0 Å². The van der Waals surface area contributed by atoms with Crippen molar-refractivity contribution < 1.29 is 0 Å². The van der Waals surface area contributed by atoms with E-state index < -0.39 is 0 Å². The number of nitrogens with zero attached hydrogens (tertiary/aromatic N) is 4. The van der Waals surface area contributed by atoms with Crippen LogP contribution in [0.1, 0.15) is 22.8 Å². The summed E-state index contributed by atoms with van der Waals surface area (Å²) in [4.78, 5) is 14.4. The lowest BCUT2D eigenvalue weighted by Crippen LogP contribution is -1.71. The summed E-state index contributed by atoms with van der Waals surface area (Å²) in [5, 5.41) is 7.95. The smallest absolute Gasteiger partial charge is 0.247 e. The van der Waals surface area contributed by atoms with Crippen molar-refractivity contribution in [1.82, 2.24) is 19.9 Å². The third-order valence-corrected chi connectivity index (χ3v) is 2.47. The maximum absolute atomic E-state index is 4.20. The topological polar surface area (TPSA) is 82.1 Å². The SMILES string of the molecule is Cc1nc(/N=N/c2nc(C)c(C)[nH]2)[nH]c1C. The lowest BCUT2D eigenvalue weighted by molar-refractivity contribution is 1.06. The van der Waals surface area contributed by atoms with Crippen LogP contribution in [0.3, 0.4) is 0 Å². The van der Waals surface area contributed by atoms with Crippen molar-refractivity contribution in [2.75, 3.05) is 0 Å². The fourth-order valence-electron chi connectivity index (χ4n) is 1.25. The number of aromatic amines is 2. The summed E-state index contributed by atoms with van der Waals surface area (Å²) in [6, 6.07) is 0. The average molecular weight is 218 g/mol. The molecule has 16 heavy (non-hydrogen) atoms. The van der Waals surface area contributed by atoms with Crippen molar-refractivity contribution in [1.29, 1.82) is 0 Å². The predicted octanol–water partition coefficient (Wildman–Crippen LogP) is 2.78. The molecule has 2 N–H and O–H groups in total. The van der Waals surface area contributed by atoms with Crippen molar-refractivity contribution in [2.24, 2.45) is 10.2 Å². The van der Waals surface area contributed by atoms with E-state index in [1.54, 1.807) is 0 Å². The van der Waals surface area contributed by atoms with E-state index in [1.165, 1.54) is 0 Å². The average Bonchev–Trinajstić information content (AvgIpc) is 2.70. The van der Waals surface area contributed by atoms with Gasteiger partial charge in [0.05, 0.1) is 11.4 Å². The molecule has 0 aliphatic carbocycles. The summed E-state index contributed by atoms with van der Waals surface area (Å²) in [6.07, 6.45) is 0. The molecule has 2 rings (SSSR count). The maximum Gasteiger partial charge on any atom is 0.247 e. The molecule has 0 spiro atoms. The zero-order valence-electron chi connectivity index (χ0n) is 9.79. The summed E-state index contributed by atoms with van der Waals surface area (Å²) < 4.78 is 0. The van der Waals surface area contributed by atoms with Crippen LogP contribution in [0.25, 0.3) is 0 Å². The number of hydrogen-bond acceptors (Lipinski definition) is 4. The van der Waals surface area contributed by atoms with E-state index in [-0.39, 0.29) is 0 Å². The number of aryl methyl sites for hydroxylation is 4. The first-order valence-electron chi connectivity index (χ1n) is 5.04. The number of nitrogens with one attached hydrogen (secondary N) is 2. The van der Waals surface area contributed by atoms with Crippen LogP contribution in [0.15, 0.2) is 10.2 Å². The Labute approximate surface area is 93.3 Å². The molecule has 0 unspecified atom stereocenters. The minimum Gasteiger partial charge on any atom is -0.325 e. The molecule has 0 atom stereocenters. The molecule has 0 fully saturated rings. The van der Waals surface area contributed by atoms with Gasteiger partial charge >= 0.3 is 0 Å². The van der Waals surface area contributed by atoms with Crippen LogP contribution in [-0.2, 0) is 0 Å². The first kappa shape index (κ1) is 10.5. The number of imidazole rings is 2. The fourth-order valence-corrected chi connectivity index (χ4v) is 1.25. The zero-order chi connectivity index (χ0) is 11.7. The highest BCUT2D eigenvalue weighted by molar-refractivity contribution is 5.26. The maximum atomic E-state index is 4.20. The molecule has 0 aromatic carbocycles.